The maximum atomic E-state index is 12.5. The van der Waals surface area contributed by atoms with Crippen LogP contribution in [0.2, 0.25) is 0 Å². The lowest BCUT2D eigenvalue weighted by atomic mass is 9.82. The third kappa shape index (κ3) is 2.27. The van der Waals surface area contributed by atoms with Gasteiger partial charge in [-0.05, 0) is 19.3 Å². The minimum atomic E-state index is -0.929. The van der Waals surface area contributed by atoms with Crippen molar-refractivity contribution < 1.29 is 19.4 Å². The first-order valence-electron chi connectivity index (χ1n) is 6.54. The van der Waals surface area contributed by atoms with Crippen molar-refractivity contribution in [2.45, 2.75) is 38.9 Å². The lowest BCUT2D eigenvalue weighted by Crippen LogP contribution is -2.46. The van der Waals surface area contributed by atoms with Gasteiger partial charge in [0.15, 0.2) is 0 Å². The summed E-state index contributed by atoms with van der Waals surface area (Å²) in [5, 5.41) is 9.27. The van der Waals surface area contributed by atoms with E-state index in [9.17, 15) is 14.7 Å². The predicted molar refractivity (Wildman–Crippen MR) is 69.6 cm³/mol. The molecule has 0 aromatic rings. The molecular formula is C14H21NO4. The van der Waals surface area contributed by atoms with E-state index in [2.05, 4.69) is 0 Å². The molecule has 3 aliphatic heterocycles. The molecule has 0 spiro atoms. The molecule has 0 radical (unpaired) electrons. The number of aliphatic carboxylic acids is 1. The lowest BCUT2D eigenvalue weighted by molar-refractivity contribution is -0.149. The van der Waals surface area contributed by atoms with Gasteiger partial charge in [-0.3, -0.25) is 9.59 Å². The number of fused-ring (bicyclic) bond motifs is 2. The van der Waals surface area contributed by atoms with Crippen LogP contribution < -0.4 is 0 Å². The topological polar surface area (TPSA) is 66.8 Å². The molecule has 1 amide bonds. The largest absolute Gasteiger partial charge is 0.481 e. The van der Waals surface area contributed by atoms with Gasteiger partial charge < -0.3 is 14.7 Å². The van der Waals surface area contributed by atoms with E-state index < -0.39 is 23.9 Å². The van der Waals surface area contributed by atoms with Crippen molar-refractivity contribution in [3.8, 4) is 0 Å². The normalized spacial score (nSPS) is 36.1. The fourth-order valence-electron chi connectivity index (χ4n) is 3.22. The van der Waals surface area contributed by atoms with Gasteiger partial charge in [-0.1, -0.05) is 19.6 Å². The number of likely N-dealkylation sites (tertiary alicyclic amines) is 1. The van der Waals surface area contributed by atoms with Crippen LogP contribution in [0.5, 0.6) is 0 Å². The average Bonchev–Trinajstić information content (AvgIpc) is 2.99. The highest BCUT2D eigenvalue weighted by molar-refractivity contribution is 5.87. The number of carbonyl (C=O) groups excluding carboxylic acids is 1. The third-order valence-corrected chi connectivity index (χ3v) is 4.14. The average molecular weight is 267 g/mol. The van der Waals surface area contributed by atoms with E-state index in [1.54, 1.807) is 6.08 Å². The maximum absolute atomic E-state index is 12.5. The van der Waals surface area contributed by atoms with E-state index in [1.165, 1.54) is 0 Å². The summed E-state index contributed by atoms with van der Waals surface area (Å²) in [5.41, 5.74) is 0. The zero-order valence-corrected chi connectivity index (χ0v) is 10.1. The summed E-state index contributed by atoms with van der Waals surface area (Å²) in [4.78, 5) is 25.6. The number of piperidine rings is 1. The molecule has 0 aromatic heterocycles. The van der Waals surface area contributed by atoms with Gasteiger partial charge in [-0.2, -0.15) is 0 Å². The number of carbonyl (C=O) groups is 2. The molecule has 0 aliphatic carbocycles. The first-order valence-corrected chi connectivity index (χ1v) is 6.54. The number of hydrogen-bond donors (Lipinski definition) is 1. The highest BCUT2D eigenvalue weighted by Gasteiger charge is 2.54. The van der Waals surface area contributed by atoms with Crippen molar-refractivity contribution in [2.24, 2.45) is 11.8 Å². The van der Waals surface area contributed by atoms with Crippen LogP contribution in [0.1, 0.15) is 26.7 Å². The molecule has 19 heavy (non-hydrogen) atoms. The molecule has 106 valence electrons. The Balaban J connectivity index is 0.00000133. The van der Waals surface area contributed by atoms with Crippen molar-refractivity contribution in [1.29, 1.82) is 0 Å². The fraction of sp³-hybridized carbons (Fsp3) is 0.714. The Morgan fingerprint density at radius 2 is 1.63 bits per heavy atom. The van der Waals surface area contributed by atoms with Crippen LogP contribution in [-0.4, -0.2) is 47.2 Å². The van der Waals surface area contributed by atoms with E-state index in [0.29, 0.717) is 0 Å². The number of amides is 1. The van der Waals surface area contributed by atoms with Crippen molar-refractivity contribution >= 4 is 11.9 Å². The Bertz CT molecular complexity index is 400. The Morgan fingerprint density at radius 1 is 1.05 bits per heavy atom. The molecule has 2 fully saturated rings. The monoisotopic (exact) mass is 267 g/mol. The van der Waals surface area contributed by atoms with Crippen LogP contribution in [-0.2, 0) is 14.3 Å². The Kier molecular flexibility index (Phi) is 3.94. The second-order valence-corrected chi connectivity index (χ2v) is 5.23. The van der Waals surface area contributed by atoms with Crippen molar-refractivity contribution in [3.05, 3.63) is 12.2 Å². The Labute approximate surface area is 113 Å². The molecular weight excluding hydrogens is 246 g/mol. The van der Waals surface area contributed by atoms with Gasteiger partial charge in [0, 0.05) is 13.1 Å². The molecule has 2 saturated heterocycles. The summed E-state index contributed by atoms with van der Waals surface area (Å²) in [6.45, 7) is 1.51. The van der Waals surface area contributed by atoms with E-state index >= 15 is 0 Å². The van der Waals surface area contributed by atoms with Gasteiger partial charge in [0.25, 0.3) is 0 Å². The minimum absolute atomic E-state index is 0. The quantitative estimate of drug-likeness (QED) is 0.766. The number of hydrogen-bond acceptors (Lipinski definition) is 3. The first-order chi connectivity index (χ1) is 8.68. The third-order valence-electron chi connectivity index (χ3n) is 4.14. The zero-order valence-electron chi connectivity index (χ0n) is 10.1. The van der Waals surface area contributed by atoms with Gasteiger partial charge in [0.05, 0.1) is 18.1 Å². The van der Waals surface area contributed by atoms with E-state index in [-0.39, 0.29) is 19.4 Å². The molecule has 3 heterocycles. The van der Waals surface area contributed by atoms with E-state index in [1.807, 2.05) is 11.0 Å². The van der Waals surface area contributed by atoms with Crippen LogP contribution in [0.4, 0.5) is 0 Å². The fourth-order valence-corrected chi connectivity index (χ4v) is 3.22. The van der Waals surface area contributed by atoms with Crippen molar-refractivity contribution in [3.63, 3.8) is 0 Å². The second kappa shape index (κ2) is 5.33. The summed E-state index contributed by atoms with van der Waals surface area (Å²) >= 11 is 0. The van der Waals surface area contributed by atoms with Crippen LogP contribution in [0.3, 0.4) is 0 Å². The van der Waals surface area contributed by atoms with Crippen LogP contribution in [0.25, 0.3) is 0 Å². The first kappa shape index (κ1) is 14.1. The van der Waals surface area contributed by atoms with Crippen molar-refractivity contribution in [2.75, 3.05) is 13.1 Å². The molecule has 4 atom stereocenters. The van der Waals surface area contributed by atoms with Gasteiger partial charge >= 0.3 is 5.97 Å². The highest BCUT2D eigenvalue weighted by atomic mass is 16.5. The number of ether oxygens (including phenoxy) is 1. The molecule has 1 N–H and O–H groups in total. The number of carboxylic acid groups (broad SMARTS) is 1. The zero-order chi connectivity index (χ0) is 12.7. The van der Waals surface area contributed by atoms with Crippen LogP contribution >= 0.6 is 0 Å². The standard InChI is InChI=1S/C13H17NO4.CH4/c15-12(14-6-2-1-3-7-14)10-8-4-5-9(18-8)11(10)13(16)17;/h4-5,8-11H,1-3,6-7H2,(H,16,17);1H4/t8-,9+,10?,11?;/m0./s1. The van der Waals surface area contributed by atoms with Gasteiger partial charge in [-0.25, -0.2) is 0 Å². The summed E-state index contributed by atoms with van der Waals surface area (Å²) in [6.07, 6.45) is 6.01. The second-order valence-electron chi connectivity index (χ2n) is 5.23. The Hall–Kier alpha value is -1.36. The molecule has 3 aliphatic rings. The summed E-state index contributed by atoms with van der Waals surface area (Å²) in [6, 6.07) is 0. The van der Waals surface area contributed by atoms with E-state index in [0.717, 1.165) is 32.4 Å². The molecule has 2 bridgehead atoms. The molecule has 2 unspecified atom stereocenters. The molecule has 0 saturated carbocycles. The van der Waals surface area contributed by atoms with Crippen LogP contribution in [0.15, 0.2) is 12.2 Å². The Morgan fingerprint density at radius 3 is 2.21 bits per heavy atom. The van der Waals surface area contributed by atoms with Gasteiger partial charge in [-0.15, -0.1) is 0 Å². The SMILES string of the molecule is C.O=C(O)C1C(C(=O)N2CCCCC2)[C@@H]2C=C[C@H]1O2. The van der Waals surface area contributed by atoms with Gasteiger partial charge in [0.1, 0.15) is 5.92 Å². The molecule has 5 heteroatoms. The lowest BCUT2D eigenvalue weighted by Gasteiger charge is -2.31. The van der Waals surface area contributed by atoms with Crippen molar-refractivity contribution in [1.82, 2.24) is 4.90 Å². The molecule has 5 nitrogen and oxygen atoms in total. The summed E-state index contributed by atoms with van der Waals surface area (Å²) in [5.74, 6) is -2.22. The predicted octanol–water partition coefficient (Wildman–Crippen LogP) is 1.29. The molecule has 3 rings (SSSR count). The number of carboxylic acids is 1. The minimum Gasteiger partial charge on any atom is -0.481 e. The smallest absolute Gasteiger partial charge is 0.310 e. The highest BCUT2D eigenvalue weighted by Crippen LogP contribution is 2.40. The number of rotatable bonds is 2. The maximum Gasteiger partial charge on any atom is 0.310 e. The summed E-state index contributed by atoms with van der Waals surface area (Å²) in [7, 11) is 0. The molecule has 0 aromatic carbocycles. The summed E-state index contributed by atoms with van der Waals surface area (Å²) < 4.78 is 5.53. The van der Waals surface area contributed by atoms with E-state index in [4.69, 9.17) is 4.74 Å². The van der Waals surface area contributed by atoms with Gasteiger partial charge in [0.2, 0.25) is 5.91 Å². The van der Waals surface area contributed by atoms with Crippen LogP contribution in [0, 0.1) is 11.8 Å². The number of nitrogens with zero attached hydrogens (tertiary/aromatic N) is 1.